The van der Waals surface area contributed by atoms with Crippen molar-refractivity contribution in [1.29, 1.82) is 0 Å². The number of piperidine rings is 1. The topological polar surface area (TPSA) is 63.0 Å². The summed E-state index contributed by atoms with van der Waals surface area (Å²) in [5, 5.41) is 4.34. The summed E-state index contributed by atoms with van der Waals surface area (Å²) >= 11 is 0. The molecule has 1 aliphatic carbocycles. The van der Waals surface area contributed by atoms with Crippen LogP contribution in [0.2, 0.25) is 0 Å². The molecule has 0 unspecified atom stereocenters. The average Bonchev–Trinajstić information content (AvgIpc) is 2.88. The van der Waals surface area contributed by atoms with Crippen LogP contribution in [0.1, 0.15) is 32.1 Å². The molecule has 0 bridgehead atoms. The van der Waals surface area contributed by atoms with E-state index < -0.39 is 0 Å². The Kier molecular flexibility index (Phi) is 3.67. The van der Waals surface area contributed by atoms with Gasteiger partial charge in [-0.2, -0.15) is 0 Å². The van der Waals surface area contributed by atoms with Crippen molar-refractivity contribution < 1.29 is 4.79 Å². The first kappa shape index (κ1) is 14.5. The first-order valence-corrected chi connectivity index (χ1v) is 8.54. The number of carbonyl (C=O) groups excluding carboxylic acids is 1. The minimum absolute atomic E-state index is 0.266. The van der Waals surface area contributed by atoms with Crippen LogP contribution in [0.4, 0.5) is 5.82 Å². The number of hydrogen-bond donors (Lipinski definition) is 1. The maximum Gasteiger partial charge on any atom is 0.223 e. The van der Waals surface area contributed by atoms with Crippen molar-refractivity contribution in [1.82, 2.24) is 19.9 Å². The molecule has 6 heteroatoms. The largest absolute Gasteiger partial charge is 0.356 e. The van der Waals surface area contributed by atoms with Gasteiger partial charge < -0.3 is 14.8 Å². The zero-order valence-electron chi connectivity index (χ0n) is 13.5. The molecule has 0 radical (unpaired) electrons. The summed E-state index contributed by atoms with van der Waals surface area (Å²) in [6, 6.07) is 2.39. The maximum absolute atomic E-state index is 12.1. The average molecular weight is 313 g/mol. The van der Waals surface area contributed by atoms with Gasteiger partial charge in [0.1, 0.15) is 17.8 Å². The molecule has 2 fully saturated rings. The number of aryl methyl sites for hydroxylation is 1. The third-order valence-corrected chi connectivity index (χ3v) is 5.26. The predicted octanol–water partition coefficient (Wildman–Crippen LogP) is 1.85. The molecule has 1 aliphatic heterocycles. The maximum atomic E-state index is 12.1. The Morgan fingerprint density at radius 2 is 2.00 bits per heavy atom. The van der Waals surface area contributed by atoms with E-state index in [1.165, 1.54) is 6.42 Å². The summed E-state index contributed by atoms with van der Waals surface area (Å²) in [7, 11) is 2.00. The molecule has 1 N–H and O–H groups in total. The Morgan fingerprint density at radius 1 is 1.22 bits per heavy atom. The Balaban J connectivity index is 1.41. The highest BCUT2D eigenvalue weighted by Crippen LogP contribution is 2.28. The van der Waals surface area contributed by atoms with E-state index in [4.69, 9.17) is 0 Å². The molecule has 4 rings (SSSR count). The fraction of sp³-hybridized carbons (Fsp3) is 0.588. The van der Waals surface area contributed by atoms with Crippen molar-refractivity contribution in [3.8, 4) is 0 Å². The molecule has 6 nitrogen and oxygen atoms in total. The summed E-state index contributed by atoms with van der Waals surface area (Å²) in [5.41, 5.74) is 0.968. The molecule has 1 saturated carbocycles. The number of amides is 1. The standard InChI is InChI=1S/C17H23N5O/c1-21-8-7-14-15(21)18-11-19-16(14)22-9-5-13(6-10-22)20-17(23)12-3-2-4-12/h7-8,11-13H,2-6,9-10H2,1H3,(H,20,23). The van der Waals surface area contributed by atoms with Crippen LogP contribution in [0, 0.1) is 5.92 Å². The molecule has 3 heterocycles. The second kappa shape index (κ2) is 5.83. The summed E-state index contributed by atoms with van der Waals surface area (Å²) in [6.45, 7) is 1.85. The molecule has 2 aliphatic rings. The van der Waals surface area contributed by atoms with Gasteiger partial charge in [0.25, 0.3) is 0 Å². The van der Waals surface area contributed by atoms with Gasteiger partial charge in [-0.05, 0) is 31.7 Å². The number of anilines is 1. The lowest BCUT2D eigenvalue weighted by Crippen LogP contribution is -2.47. The van der Waals surface area contributed by atoms with E-state index in [1.54, 1.807) is 6.33 Å². The SMILES string of the molecule is Cn1ccc2c(N3CCC(NC(=O)C4CCC4)CC3)ncnc21. The van der Waals surface area contributed by atoms with E-state index >= 15 is 0 Å². The van der Waals surface area contributed by atoms with Gasteiger partial charge in [0.15, 0.2) is 0 Å². The number of rotatable bonds is 3. The van der Waals surface area contributed by atoms with Crippen LogP contribution in [-0.2, 0) is 11.8 Å². The van der Waals surface area contributed by atoms with Crippen molar-refractivity contribution >= 4 is 22.8 Å². The fourth-order valence-corrected chi connectivity index (χ4v) is 3.54. The van der Waals surface area contributed by atoms with Crippen LogP contribution < -0.4 is 10.2 Å². The van der Waals surface area contributed by atoms with E-state index in [0.717, 1.165) is 55.6 Å². The molecule has 0 atom stereocenters. The molecule has 2 aromatic heterocycles. The number of aromatic nitrogens is 3. The molecule has 0 aromatic carbocycles. The third-order valence-electron chi connectivity index (χ3n) is 5.26. The molecular formula is C17H23N5O. The van der Waals surface area contributed by atoms with Gasteiger partial charge in [0, 0.05) is 38.3 Å². The second-order valence-corrected chi connectivity index (χ2v) is 6.76. The fourth-order valence-electron chi connectivity index (χ4n) is 3.54. The van der Waals surface area contributed by atoms with E-state index in [0.29, 0.717) is 6.04 Å². The van der Waals surface area contributed by atoms with E-state index in [2.05, 4.69) is 26.3 Å². The van der Waals surface area contributed by atoms with Gasteiger partial charge in [0.05, 0.1) is 5.39 Å². The zero-order chi connectivity index (χ0) is 15.8. The van der Waals surface area contributed by atoms with Crippen molar-refractivity contribution in [2.45, 2.75) is 38.1 Å². The Labute approximate surface area is 135 Å². The highest BCUT2D eigenvalue weighted by Gasteiger charge is 2.29. The van der Waals surface area contributed by atoms with Crippen molar-refractivity contribution in [2.75, 3.05) is 18.0 Å². The Hall–Kier alpha value is -2.11. The third kappa shape index (κ3) is 2.66. The van der Waals surface area contributed by atoms with Crippen LogP contribution in [0.5, 0.6) is 0 Å². The minimum Gasteiger partial charge on any atom is -0.356 e. The highest BCUT2D eigenvalue weighted by atomic mass is 16.2. The number of hydrogen-bond acceptors (Lipinski definition) is 4. The molecule has 1 saturated heterocycles. The quantitative estimate of drug-likeness (QED) is 0.939. The Morgan fingerprint density at radius 3 is 2.70 bits per heavy atom. The van der Waals surface area contributed by atoms with Crippen LogP contribution >= 0.6 is 0 Å². The van der Waals surface area contributed by atoms with Crippen LogP contribution in [0.3, 0.4) is 0 Å². The van der Waals surface area contributed by atoms with Crippen molar-refractivity contribution in [3.05, 3.63) is 18.6 Å². The molecular weight excluding hydrogens is 290 g/mol. The summed E-state index contributed by atoms with van der Waals surface area (Å²) in [6.07, 6.45) is 8.97. The van der Waals surface area contributed by atoms with Gasteiger partial charge >= 0.3 is 0 Å². The number of nitrogens with zero attached hydrogens (tertiary/aromatic N) is 4. The van der Waals surface area contributed by atoms with Crippen molar-refractivity contribution in [2.24, 2.45) is 13.0 Å². The predicted molar refractivity (Wildman–Crippen MR) is 89.2 cm³/mol. The van der Waals surface area contributed by atoms with Gasteiger partial charge in [-0.1, -0.05) is 6.42 Å². The normalized spacial score (nSPS) is 19.8. The summed E-state index contributed by atoms with van der Waals surface area (Å²) in [5.74, 6) is 1.56. The summed E-state index contributed by atoms with van der Waals surface area (Å²) in [4.78, 5) is 23.2. The van der Waals surface area contributed by atoms with Gasteiger partial charge in [-0.25, -0.2) is 9.97 Å². The molecule has 0 spiro atoms. The lowest BCUT2D eigenvalue weighted by Gasteiger charge is -2.35. The smallest absolute Gasteiger partial charge is 0.223 e. The van der Waals surface area contributed by atoms with Gasteiger partial charge in [-0.3, -0.25) is 4.79 Å². The second-order valence-electron chi connectivity index (χ2n) is 6.76. The Bertz CT molecular complexity index is 713. The monoisotopic (exact) mass is 313 g/mol. The summed E-state index contributed by atoms with van der Waals surface area (Å²) < 4.78 is 2.02. The highest BCUT2D eigenvalue weighted by molar-refractivity contribution is 5.87. The molecule has 1 amide bonds. The van der Waals surface area contributed by atoms with Crippen LogP contribution in [0.25, 0.3) is 11.0 Å². The van der Waals surface area contributed by atoms with Gasteiger partial charge in [-0.15, -0.1) is 0 Å². The number of nitrogens with one attached hydrogen (secondary N) is 1. The van der Waals surface area contributed by atoms with Crippen molar-refractivity contribution in [3.63, 3.8) is 0 Å². The molecule has 2 aromatic rings. The number of fused-ring (bicyclic) bond motifs is 1. The molecule has 23 heavy (non-hydrogen) atoms. The van der Waals surface area contributed by atoms with Gasteiger partial charge in [0.2, 0.25) is 5.91 Å². The van der Waals surface area contributed by atoms with E-state index in [1.807, 2.05) is 17.8 Å². The lowest BCUT2D eigenvalue weighted by atomic mass is 9.84. The lowest BCUT2D eigenvalue weighted by molar-refractivity contribution is -0.128. The molecule has 122 valence electrons. The first-order chi connectivity index (χ1) is 11.2. The number of carbonyl (C=O) groups is 1. The first-order valence-electron chi connectivity index (χ1n) is 8.54. The van der Waals surface area contributed by atoms with Crippen LogP contribution in [-0.4, -0.2) is 39.6 Å². The zero-order valence-corrected chi connectivity index (χ0v) is 13.5. The minimum atomic E-state index is 0.266. The van der Waals surface area contributed by atoms with E-state index in [-0.39, 0.29) is 11.8 Å². The van der Waals surface area contributed by atoms with E-state index in [9.17, 15) is 4.79 Å². The van der Waals surface area contributed by atoms with Crippen LogP contribution in [0.15, 0.2) is 18.6 Å².